The Morgan fingerprint density at radius 2 is 1.71 bits per heavy atom. The van der Waals surface area contributed by atoms with Crippen molar-refractivity contribution < 1.29 is 18.9 Å². The molecule has 2 aliphatic rings. The predicted octanol–water partition coefficient (Wildman–Crippen LogP) is 5.64. The van der Waals surface area contributed by atoms with Gasteiger partial charge in [-0.3, -0.25) is 9.78 Å². The van der Waals surface area contributed by atoms with Crippen LogP contribution in [0.3, 0.4) is 0 Å². The molecule has 2 unspecified atom stereocenters. The summed E-state index contributed by atoms with van der Waals surface area (Å²) < 4.78 is 24.1. The molecule has 4 aromatic rings. The van der Waals surface area contributed by atoms with Crippen LogP contribution in [0.5, 0.6) is 17.2 Å². The first-order valence-corrected chi connectivity index (χ1v) is 14.0. The molecule has 4 heterocycles. The standard InChI is InChI=1S/C30H30Cl2N4O5/c1-5-35-22-9-21(18-8-20(33)23(10-24(18)38-2)36-13-17-7-16(36)14-41-17)34-12-15(22)6-19(30(35)37)27-28(31)25(39-3)11-26(40-4)29(27)32/h6,8-12,16-17H,5,7,13-14,33H2,1-4H3. The summed E-state index contributed by atoms with van der Waals surface area (Å²) in [5.74, 6) is 1.34. The fourth-order valence-electron chi connectivity index (χ4n) is 5.93. The Bertz CT molecular complexity index is 1710. The van der Waals surface area contributed by atoms with Crippen LogP contribution < -0.4 is 30.4 Å². The third kappa shape index (κ3) is 4.43. The molecule has 214 valence electrons. The SMILES string of the molecule is CCn1c(=O)c(-c2c(Cl)c(OC)cc(OC)c2Cl)cc2cnc(-c3cc(N)c(N4CC5CC4CO5)cc3OC)cc21. The number of fused-ring (bicyclic) bond motifs is 3. The van der Waals surface area contributed by atoms with Gasteiger partial charge < -0.3 is 34.1 Å². The molecular formula is C30H30Cl2N4O5. The van der Waals surface area contributed by atoms with Crippen molar-refractivity contribution in [3.63, 3.8) is 0 Å². The minimum Gasteiger partial charge on any atom is -0.496 e. The van der Waals surface area contributed by atoms with Crippen LogP contribution in [0, 0.1) is 0 Å². The average Bonchev–Trinajstić information content (AvgIpc) is 3.61. The van der Waals surface area contributed by atoms with E-state index in [-0.39, 0.29) is 21.7 Å². The molecule has 11 heteroatoms. The smallest absolute Gasteiger partial charge is 0.259 e. The first kappa shape index (κ1) is 27.5. The van der Waals surface area contributed by atoms with Crippen molar-refractivity contribution in [1.82, 2.24) is 9.55 Å². The van der Waals surface area contributed by atoms with Crippen molar-refractivity contribution in [3.05, 3.63) is 56.9 Å². The Morgan fingerprint density at radius 1 is 1.00 bits per heavy atom. The van der Waals surface area contributed by atoms with Crippen molar-refractivity contribution in [2.45, 2.75) is 32.0 Å². The number of hydrogen-bond acceptors (Lipinski definition) is 8. The van der Waals surface area contributed by atoms with Gasteiger partial charge >= 0.3 is 0 Å². The summed E-state index contributed by atoms with van der Waals surface area (Å²) in [5.41, 5.74) is 10.6. The zero-order chi connectivity index (χ0) is 29.0. The van der Waals surface area contributed by atoms with Crippen LogP contribution in [-0.4, -0.2) is 56.2 Å². The second kappa shape index (κ2) is 10.6. The number of morpholine rings is 1. The van der Waals surface area contributed by atoms with Gasteiger partial charge in [-0.1, -0.05) is 23.2 Å². The molecule has 0 spiro atoms. The van der Waals surface area contributed by atoms with Gasteiger partial charge in [0.2, 0.25) is 0 Å². The topological polar surface area (TPSA) is 101 Å². The fourth-order valence-corrected chi connectivity index (χ4v) is 6.64. The second-order valence-electron chi connectivity index (χ2n) is 10.1. The summed E-state index contributed by atoms with van der Waals surface area (Å²) in [4.78, 5) is 20.9. The van der Waals surface area contributed by atoms with Gasteiger partial charge in [0.1, 0.15) is 17.2 Å². The van der Waals surface area contributed by atoms with E-state index < -0.39 is 0 Å². The number of halogens is 2. The third-order valence-corrected chi connectivity index (χ3v) is 8.72. The highest BCUT2D eigenvalue weighted by molar-refractivity contribution is 6.41. The fraction of sp³-hybridized carbons (Fsp3) is 0.333. The normalized spacial score (nSPS) is 17.9. The molecule has 2 aromatic carbocycles. The Hall–Kier alpha value is -3.66. The summed E-state index contributed by atoms with van der Waals surface area (Å²) in [6, 6.07) is 9.38. The number of methoxy groups -OCH3 is 3. The van der Waals surface area contributed by atoms with E-state index in [9.17, 15) is 4.79 Å². The van der Waals surface area contributed by atoms with E-state index in [1.54, 1.807) is 30.0 Å². The molecule has 0 radical (unpaired) electrons. The highest BCUT2D eigenvalue weighted by atomic mass is 35.5. The molecule has 0 saturated carbocycles. The number of pyridine rings is 2. The molecule has 0 amide bonds. The lowest BCUT2D eigenvalue weighted by Crippen LogP contribution is -2.37. The number of aryl methyl sites for hydroxylation is 1. The van der Waals surface area contributed by atoms with Crippen molar-refractivity contribution in [2.75, 3.05) is 45.1 Å². The zero-order valence-corrected chi connectivity index (χ0v) is 24.7. The maximum atomic E-state index is 13.9. The summed E-state index contributed by atoms with van der Waals surface area (Å²) in [6.07, 6.45) is 2.97. The van der Waals surface area contributed by atoms with Gasteiger partial charge in [0.25, 0.3) is 5.56 Å². The molecule has 2 aromatic heterocycles. The second-order valence-corrected chi connectivity index (χ2v) is 10.9. The van der Waals surface area contributed by atoms with Gasteiger partial charge in [0.05, 0.1) is 78.3 Å². The van der Waals surface area contributed by atoms with Crippen LogP contribution >= 0.6 is 23.2 Å². The van der Waals surface area contributed by atoms with Crippen LogP contribution in [0.25, 0.3) is 33.3 Å². The van der Waals surface area contributed by atoms with E-state index in [4.69, 9.17) is 52.9 Å². The van der Waals surface area contributed by atoms with Crippen LogP contribution in [0.2, 0.25) is 10.0 Å². The molecule has 2 atom stereocenters. The number of benzene rings is 2. The van der Waals surface area contributed by atoms with Gasteiger partial charge in [-0.05, 0) is 31.5 Å². The van der Waals surface area contributed by atoms with E-state index in [1.165, 1.54) is 14.2 Å². The van der Waals surface area contributed by atoms with Gasteiger partial charge in [-0.25, -0.2) is 0 Å². The van der Waals surface area contributed by atoms with Gasteiger partial charge in [0.15, 0.2) is 0 Å². The highest BCUT2D eigenvalue weighted by Crippen LogP contribution is 2.46. The Balaban J connectivity index is 1.49. The molecule has 2 aliphatic heterocycles. The summed E-state index contributed by atoms with van der Waals surface area (Å²) in [7, 11) is 4.61. The maximum absolute atomic E-state index is 13.9. The number of nitrogens with two attached hydrogens (primary N) is 1. The number of nitrogens with zero attached hydrogens (tertiary/aromatic N) is 3. The van der Waals surface area contributed by atoms with Crippen molar-refractivity contribution >= 4 is 45.5 Å². The average molecular weight is 597 g/mol. The largest absolute Gasteiger partial charge is 0.496 e. The first-order chi connectivity index (χ1) is 19.8. The lowest BCUT2D eigenvalue weighted by molar-refractivity contribution is 0.0991. The zero-order valence-electron chi connectivity index (χ0n) is 23.2. The van der Waals surface area contributed by atoms with Gasteiger partial charge in [-0.15, -0.1) is 0 Å². The monoisotopic (exact) mass is 596 g/mol. The Kier molecular flexibility index (Phi) is 7.13. The summed E-state index contributed by atoms with van der Waals surface area (Å²) >= 11 is 13.3. The van der Waals surface area contributed by atoms with E-state index in [0.717, 1.165) is 29.6 Å². The lowest BCUT2D eigenvalue weighted by Gasteiger charge is -2.30. The number of nitrogen functional groups attached to an aromatic ring is 1. The molecule has 2 fully saturated rings. The molecule has 2 N–H and O–H groups in total. The molecule has 0 aliphatic carbocycles. The van der Waals surface area contributed by atoms with Crippen LogP contribution in [0.4, 0.5) is 11.4 Å². The predicted molar refractivity (Wildman–Crippen MR) is 162 cm³/mol. The number of aromatic nitrogens is 2. The van der Waals surface area contributed by atoms with Crippen LogP contribution in [-0.2, 0) is 11.3 Å². The number of ether oxygens (including phenoxy) is 4. The summed E-state index contributed by atoms with van der Waals surface area (Å²) in [5, 5.41) is 1.18. The number of anilines is 2. The minimum absolute atomic E-state index is 0.222. The summed E-state index contributed by atoms with van der Waals surface area (Å²) in [6.45, 7) is 3.82. The molecule has 6 rings (SSSR count). The molecular weight excluding hydrogens is 567 g/mol. The quantitative estimate of drug-likeness (QED) is 0.273. The van der Waals surface area contributed by atoms with E-state index in [2.05, 4.69) is 4.90 Å². The van der Waals surface area contributed by atoms with E-state index in [1.807, 2.05) is 25.1 Å². The Morgan fingerprint density at radius 3 is 2.29 bits per heavy atom. The first-order valence-electron chi connectivity index (χ1n) is 13.3. The molecule has 9 nitrogen and oxygen atoms in total. The lowest BCUT2D eigenvalue weighted by atomic mass is 10.0. The van der Waals surface area contributed by atoms with Crippen LogP contribution in [0.1, 0.15) is 13.3 Å². The molecule has 2 saturated heterocycles. The van der Waals surface area contributed by atoms with Crippen LogP contribution in [0.15, 0.2) is 41.3 Å². The Labute approximate surface area is 247 Å². The third-order valence-electron chi connectivity index (χ3n) is 7.97. The number of hydrogen-bond donors (Lipinski definition) is 1. The van der Waals surface area contributed by atoms with Gasteiger partial charge in [-0.2, -0.15) is 0 Å². The van der Waals surface area contributed by atoms with Crippen molar-refractivity contribution in [3.8, 4) is 39.6 Å². The van der Waals surface area contributed by atoms with Gasteiger partial charge in [0, 0.05) is 47.9 Å². The molecule has 2 bridgehead atoms. The minimum atomic E-state index is -0.260. The molecule has 41 heavy (non-hydrogen) atoms. The van der Waals surface area contributed by atoms with Crippen molar-refractivity contribution in [1.29, 1.82) is 0 Å². The maximum Gasteiger partial charge on any atom is 0.259 e. The van der Waals surface area contributed by atoms with Crippen molar-refractivity contribution in [2.24, 2.45) is 0 Å². The van der Waals surface area contributed by atoms with E-state index in [0.29, 0.717) is 64.5 Å². The highest BCUT2D eigenvalue weighted by Gasteiger charge is 2.40. The van der Waals surface area contributed by atoms with E-state index >= 15 is 0 Å². The number of rotatable bonds is 7.